The second-order valence-corrected chi connectivity index (χ2v) is 3.81. The second kappa shape index (κ2) is 5.10. The smallest absolute Gasteiger partial charge is 0.166 e. The van der Waals surface area contributed by atoms with Gasteiger partial charge in [-0.05, 0) is 18.2 Å². The van der Waals surface area contributed by atoms with Crippen molar-refractivity contribution >= 4 is 44.9 Å². The van der Waals surface area contributed by atoms with E-state index in [4.69, 9.17) is 23.2 Å². The molecule has 1 heterocycles. The molecule has 0 unspecified atom stereocenters. The van der Waals surface area contributed by atoms with Crippen LogP contribution in [0.25, 0.3) is 0 Å². The van der Waals surface area contributed by atoms with Crippen molar-refractivity contribution in [2.45, 2.75) is 0 Å². The van der Waals surface area contributed by atoms with E-state index in [-0.39, 0.29) is 10.3 Å². The number of nitrogens with zero attached hydrogens (tertiary/aromatic N) is 2. The topological polar surface area (TPSA) is 24.7 Å². The maximum atomic E-state index is 5.88. The molecule has 2 bridgehead atoms. The molecule has 0 saturated heterocycles. The quantitative estimate of drug-likeness (QED) is 0.654. The second-order valence-electron chi connectivity index (χ2n) is 3.09. The summed E-state index contributed by atoms with van der Waals surface area (Å²) in [5.41, 5.74) is 1.44. The minimum absolute atomic E-state index is 0.202. The van der Waals surface area contributed by atoms with Crippen molar-refractivity contribution < 1.29 is 0 Å². The zero-order chi connectivity index (χ0) is 11.4. The number of fused-ring (bicyclic) bond motifs is 2. The third-order valence-corrected chi connectivity index (χ3v) is 2.52. The molecule has 0 radical (unpaired) electrons. The molecule has 80 valence electrons. The maximum absolute atomic E-state index is 5.88. The van der Waals surface area contributed by atoms with E-state index in [2.05, 4.69) is 9.98 Å². The van der Waals surface area contributed by atoms with E-state index in [9.17, 15) is 0 Å². The lowest BCUT2D eigenvalue weighted by Crippen LogP contribution is -1.96. The molecule has 0 amide bonds. The Balaban J connectivity index is 2.69. The predicted molar refractivity (Wildman–Crippen MR) is 70.0 cm³/mol. The highest BCUT2D eigenvalue weighted by Crippen LogP contribution is 2.22. The Labute approximate surface area is 104 Å². The summed E-state index contributed by atoms with van der Waals surface area (Å²) in [7, 11) is 0. The van der Waals surface area contributed by atoms with Gasteiger partial charge in [-0.2, -0.15) is 0 Å². The van der Waals surface area contributed by atoms with Crippen molar-refractivity contribution in [2.24, 2.45) is 9.98 Å². The highest BCUT2D eigenvalue weighted by Gasteiger charge is 2.06. The maximum Gasteiger partial charge on any atom is 0.166 e. The van der Waals surface area contributed by atoms with E-state index in [1.54, 1.807) is 0 Å². The zero-order valence-corrected chi connectivity index (χ0v) is 9.78. The molecule has 0 fully saturated rings. The summed E-state index contributed by atoms with van der Waals surface area (Å²) in [4.78, 5) is 8.29. The van der Waals surface area contributed by atoms with Gasteiger partial charge in [-0.15, -0.1) is 0 Å². The number of aliphatic imine (C=N–C) groups is 2. The zero-order valence-electron chi connectivity index (χ0n) is 8.27. The van der Waals surface area contributed by atoms with Gasteiger partial charge in [0.25, 0.3) is 0 Å². The largest absolute Gasteiger partial charge is 0.233 e. The molecule has 0 aliphatic carbocycles. The third-order valence-electron chi connectivity index (χ3n) is 1.90. The van der Waals surface area contributed by atoms with Gasteiger partial charge in [0, 0.05) is 0 Å². The molecule has 1 aromatic rings. The SMILES string of the molecule is ClC1=Nc2cccccccc(c2)N=C1Cl. The van der Waals surface area contributed by atoms with Crippen molar-refractivity contribution in [3.63, 3.8) is 0 Å². The first-order valence-electron chi connectivity index (χ1n) is 4.68. The van der Waals surface area contributed by atoms with Crippen LogP contribution in [0.1, 0.15) is 0 Å². The van der Waals surface area contributed by atoms with Gasteiger partial charge < -0.3 is 0 Å². The van der Waals surface area contributed by atoms with Crippen molar-refractivity contribution in [2.75, 3.05) is 0 Å². The summed E-state index contributed by atoms with van der Waals surface area (Å²) in [5, 5.41) is 0.404. The molecule has 16 heavy (non-hydrogen) atoms. The first-order valence-corrected chi connectivity index (χ1v) is 5.43. The fourth-order valence-electron chi connectivity index (χ4n) is 1.21. The molecule has 0 aromatic heterocycles. The van der Waals surface area contributed by atoms with E-state index < -0.39 is 0 Å². The highest BCUT2D eigenvalue weighted by atomic mass is 35.5. The standard InChI is InChI=1S/C12H8Cl2N2/c13-11-12(14)16-10-7-5-3-1-2-4-6-9(8-10)15-11/h1-8H. The molecular weight excluding hydrogens is 243 g/mol. The third kappa shape index (κ3) is 2.81. The van der Waals surface area contributed by atoms with Crippen LogP contribution in [0, 0.1) is 0 Å². The lowest BCUT2D eigenvalue weighted by Gasteiger charge is -1.89. The molecule has 0 atom stereocenters. The van der Waals surface area contributed by atoms with Crippen molar-refractivity contribution in [1.82, 2.24) is 0 Å². The first-order chi connectivity index (χ1) is 7.75. The van der Waals surface area contributed by atoms with E-state index in [1.165, 1.54) is 0 Å². The number of hydrogen-bond acceptors (Lipinski definition) is 2. The average molecular weight is 251 g/mol. The van der Waals surface area contributed by atoms with Crippen LogP contribution in [0.15, 0.2) is 58.5 Å². The van der Waals surface area contributed by atoms with E-state index in [0.29, 0.717) is 0 Å². The van der Waals surface area contributed by atoms with Crippen molar-refractivity contribution in [1.29, 1.82) is 0 Å². The molecule has 1 aliphatic heterocycles. The van der Waals surface area contributed by atoms with Gasteiger partial charge in [0.2, 0.25) is 0 Å². The number of halogens is 2. The van der Waals surface area contributed by atoms with Crippen LogP contribution in [0.4, 0.5) is 11.4 Å². The Hall–Kier alpha value is -1.38. The van der Waals surface area contributed by atoms with Gasteiger partial charge in [0.15, 0.2) is 10.3 Å². The van der Waals surface area contributed by atoms with Gasteiger partial charge in [-0.25, -0.2) is 9.98 Å². The van der Waals surface area contributed by atoms with Gasteiger partial charge in [0.1, 0.15) is 0 Å². The molecule has 2 rings (SSSR count). The molecule has 1 aliphatic rings. The Kier molecular flexibility index (Phi) is 3.54. The van der Waals surface area contributed by atoms with Gasteiger partial charge in [0.05, 0.1) is 11.4 Å². The summed E-state index contributed by atoms with van der Waals surface area (Å²) in [6.07, 6.45) is 0. The fourth-order valence-corrected chi connectivity index (χ4v) is 1.49. The lowest BCUT2D eigenvalue weighted by molar-refractivity contribution is 1.53. The van der Waals surface area contributed by atoms with Crippen molar-refractivity contribution in [3.8, 4) is 0 Å². The van der Waals surface area contributed by atoms with Crippen LogP contribution in [-0.2, 0) is 0 Å². The highest BCUT2D eigenvalue weighted by molar-refractivity contribution is 7.00. The monoisotopic (exact) mass is 250 g/mol. The van der Waals surface area contributed by atoms with Crippen LogP contribution >= 0.6 is 23.2 Å². The normalized spacial score (nSPS) is 13.1. The Bertz CT molecular complexity index is 476. The van der Waals surface area contributed by atoms with Crippen LogP contribution in [-0.4, -0.2) is 10.3 Å². The molecule has 0 spiro atoms. The van der Waals surface area contributed by atoms with E-state index in [1.807, 2.05) is 48.5 Å². The summed E-state index contributed by atoms with van der Waals surface area (Å²) in [6, 6.07) is 15.0. The summed E-state index contributed by atoms with van der Waals surface area (Å²) < 4.78 is 0. The molecule has 4 heteroatoms. The summed E-state index contributed by atoms with van der Waals surface area (Å²) in [6.45, 7) is 0. The van der Waals surface area contributed by atoms with Crippen LogP contribution < -0.4 is 0 Å². The van der Waals surface area contributed by atoms with Gasteiger partial charge in [-0.1, -0.05) is 53.5 Å². The minimum Gasteiger partial charge on any atom is -0.233 e. The number of rotatable bonds is 0. The fraction of sp³-hybridized carbons (Fsp3) is 0. The Morgan fingerprint density at radius 2 is 1.12 bits per heavy atom. The van der Waals surface area contributed by atoms with Gasteiger partial charge >= 0.3 is 0 Å². The predicted octanol–water partition coefficient (Wildman–Crippen LogP) is 4.36. The van der Waals surface area contributed by atoms with E-state index >= 15 is 0 Å². The summed E-state index contributed by atoms with van der Waals surface area (Å²) in [5.74, 6) is 0. The van der Waals surface area contributed by atoms with Crippen LogP contribution in [0.5, 0.6) is 0 Å². The van der Waals surface area contributed by atoms with Gasteiger partial charge in [-0.3, -0.25) is 0 Å². The molecule has 2 nitrogen and oxygen atoms in total. The Morgan fingerprint density at radius 1 is 0.688 bits per heavy atom. The number of hydrogen-bond donors (Lipinski definition) is 0. The van der Waals surface area contributed by atoms with Crippen molar-refractivity contribution in [3.05, 3.63) is 48.5 Å². The van der Waals surface area contributed by atoms with Crippen LogP contribution in [0.2, 0.25) is 0 Å². The summed E-state index contributed by atoms with van der Waals surface area (Å²) >= 11 is 11.8. The lowest BCUT2D eigenvalue weighted by atomic mass is 10.3. The van der Waals surface area contributed by atoms with E-state index in [0.717, 1.165) is 11.4 Å². The average Bonchev–Trinajstić information content (AvgIpc) is 2.38. The minimum atomic E-state index is 0.202. The molecule has 0 saturated carbocycles. The molecule has 1 aromatic carbocycles. The van der Waals surface area contributed by atoms with Crippen LogP contribution in [0.3, 0.4) is 0 Å². The first kappa shape index (κ1) is 11.1. The molecule has 0 N–H and O–H groups in total. The molecular formula is C12H8Cl2N2. The Morgan fingerprint density at radius 3 is 1.62 bits per heavy atom.